The van der Waals surface area contributed by atoms with Gasteiger partial charge in [-0.05, 0) is 13.8 Å². The molecule has 0 N–H and O–H groups in total. The van der Waals surface area contributed by atoms with E-state index in [4.69, 9.17) is 0 Å². The Kier molecular flexibility index (Phi) is 9.62. The standard InChI is InChI=1S/C22H26F14O4/c1-13(2,3)15(7,17(23,24)19(27,28)21(31,32)33)39-11(37)9-10-12(38)40-16(8,14(4,5)6)18(25,26)20(29,30)22(34,35)36/h9-10H,1-8H3/b10-9+. The Morgan fingerprint density at radius 2 is 0.625 bits per heavy atom. The van der Waals surface area contributed by atoms with Crippen molar-refractivity contribution < 1.29 is 80.5 Å². The fourth-order valence-corrected chi connectivity index (χ4v) is 2.94. The lowest BCUT2D eigenvalue weighted by atomic mass is 9.71. The fourth-order valence-electron chi connectivity index (χ4n) is 2.94. The number of alkyl halides is 14. The molecule has 0 aliphatic heterocycles. The molecule has 0 amide bonds. The van der Waals surface area contributed by atoms with Gasteiger partial charge in [0.05, 0.1) is 0 Å². The van der Waals surface area contributed by atoms with E-state index in [0.29, 0.717) is 41.5 Å². The van der Waals surface area contributed by atoms with E-state index in [1.807, 2.05) is 0 Å². The summed E-state index contributed by atoms with van der Waals surface area (Å²) in [6, 6.07) is 0. The summed E-state index contributed by atoms with van der Waals surface area (Å²) < 4.78 is 198. The van der Waals surface area contributed by atoms with Gasteiger partial charge in [-0.1, -0.05) is 41.5 Å². The predicted molar refractivity (Wildman–Crippen MR) is 109 cm³/mol. The van der Waals surface area contributed by atoms with Crippen molar-refractivity contribution in [3.63, 3.8) is 0 Å². The largest absolute Gasteiger partial charge is 0.460 e. The molecular weight excluding hydrogens is 594 g/mol. The Bertz CT molecular complexity index is 905. The van der Waals surface area contributed by atoms with Crippen LogP contribution in [0.25, 0.3) is 0 Å². The summed E-state index contributed by atoms with van der Waals surface area (Å²) in [4.78, 5) is 24.2. The number of carbonyl (C=O) groups is 2. The average Bonchev–Trinajstić information content (AvgIpc) is 2.68. The van der Waals surface area contributed by atoms with Crippen LogP contribution in [0.15, 0.2) is 12.2 Å². The first-order valence-electron chi connectivity index (χ1n) is 10.8. The second-order valence-corrected chi connectivity index (χ2v) is 11.0. The third-order valence-electron chi connectivity index (χ3n) is 6.53. The highest BCUT2D eigenvalue weighted by atomic mass is 19.4. The van der Waals surface area contributed by atoms with Crippen LogP contribution < -0.4 is 0 Å². The molecule has 0 heterocycles. The van der Waals surface area contributed by atoms with E-state index < -0.39 is 70.0 Å². The molecule has 18 heteroatoms. The zero-order chi connectivity index (χ0) is 33.0. The van der Waals surface area contributed by atoms with E-state index in [2.05, 4.69) is 9.47 Å². The molecule has 0 aromatic heterocycles. The Balaban J connectivity index is 6.45. The SMILES string of the molecule is CC(C)(C)C(C)(OC(=O)/C=C/C(=O)OC(C)(C(C)(C)C)C(F)(F)C(F)(F)C(F)(F)F)C(F)(F)C(F)(F)C(F)(F)F. The highest BCUT2D eigenvalue weighted by Crippen LogP contribution is 2.58. The van der Waals surface area contributed by atoms with E-state index in [1.165, 1.54) is 0 Å². The lowest BCUT2D eigenvalue weighted by Crippen LogP contribution is -2.68. The summed E-state index contributed by atoms with van der Waals surface area (Å²) in [5.41, 5.74) is -12.7. The summed E-state index contributed by atoms with van der Waals surface area (Å²) >= 11 is 0. The van der Waals surface area contributed by atoms with Crippen molar-refractivity contribution in [3.05, 3.63) is 12.2 Å². The van der Waals surface area contributed by atoms with Gasteiger partial charge < -0.3 is 9.47 Å². The molecule has 0 aliphatic carbocycles. The highest BCUT2D eigenvalue weighted by Gasteiger charge is 2.83. The van der Waals surface area contributed by atoms with Gasteiger partial charge in [0.2, 0.25) is 0 Å². The van der Waals surface area contributed by atoms with Gasteiger partial charge >= 0.3 is 48.0 Å². The molecule has 0 spiro atoms. The van der Waals surface area contributed by atoms with Crippen molar-refractivity contribution >= 4 is 11.9 Å². The maximum absolute atomic E-state index is 14.6. The second-order valence-electron chi connectivity index (χ2n) is 11.0. The van der Waals surface area contributed by atoms with Crippen molar-refractivity contribution in [3.8, 4) is 0 Å². The minimum Gasteiger partial charge on any atom is -0.449 e. The summed E-state index contributed by atoms with van der Waals surface area (Å²) in [5.74, 6) is -30.3. The molecular formula is C22H26F14O4. The minimum absolute atomic E-state index is 0.00710. The first-order chi connectivity index (χ1) is 17.0. The van der Waals surface area contributed by atoms with Crippen molar-refractivity contribution in [2.75, 3.05) is 0 Å². The Labute approximate surface area is 219 Å². The van der Waals surface area contributed by atoms with Crippen LogP contribution in [0, 0.1) is 10.8 Å². The van der Waals surface area contributed by atoms with E-state index in [9.17, 15) is 71.1 Å². The van der Waals surface area contributed by atoms with Crippen LogP contribution in [0.3, 0.4) is 0 Å². The molecule has 0 rings (SSSR count). The van der Waals surface area contributed by atoms with Crippen molar-refractivity contribution in [1.29, 1.82) is 0 Å². The van der Waals surface area contributed by atoms with E-state index >= 15 is 0 Å². The van der Waals surface area contributed by atoms with Gasteiger partial charge in [0.15, 0.2) is 11.2 Å². The number of hydrogen-bond acceptors (Lipinski definition) is 4. The zero-order valence-corrected chi connectivity index (χ0v) is 22.1. The number of ether oxygens (including phenoxy) is 2. The Morgan fingerprint density at radius 1 is 0.425 bits per heavy atom. The van der Waals surface area contributed by atoms with Crippen LogP contribution in [0.4, 0.5) is 61.5 Å². The molecule has 0 aliphatic rings. The summed E-state index contributed by atoms with van der Waals surface area (Å²) in [5, 5.41) is 0. The van der Waals surface area contributed by atoms with Gasteiger partial charge in [-0.15, -0.1) is 0 Å². The maximum Gasteiger partial charge on any atom is 0.460 e. The van der Waals surface area contributed by atoms with Gasteiger partial charge in [-0.2, -0.15) is 61.5 Å². The topological polar surface area (TPSA) is 52.6 Å². The first kappa shape index (κ1) is 37.7. The first-order valence-corrected chi connectivity index (χ1v) is 10.8. The molecule has 2 unspecified atom stereocenters. The molecule has 0 fully saturated rings. The van der Waals surface area contributed by atoms with E-state index in [-0.39, 0.29) is 26.0 Å². The average molecular weight is 620 g/mol. The molecule has 0 radical (unpaired) electrons. The zero-order valence-electron chi connectivity index (χ0n) is 22.1. The van der Waals surface area contributed by atoms with Crippen LogP contribution in [0.1, 0.15) is 55.4 Å². The highest BCUT2D eigenvalue weighted by molar-refractivity contribution is 5.92. The third-order valence-corrected chi connectivity index (χ3v) is 6.53. The Hall–Kier alpha value is -2.30. The summed E-state index contributed by atoms with van der Waals surface area (Å²) in [6.45, 7) is 4.08. The van der Waals surface area contributed by atoms with E-state index in [1.54, 1.807) is 0 Å². The van der Waals surface area contributed by atoms with Crippen LogP contribution in [0.2, 0.25) is 0 Å². The normalized spacial score (nSPS) is 18.2. The monoisotopic (exact) mass is 620 g/mol. The predicted octanol–water partition coefficient (Wildman–Crippen LogP) is 7.90. The van der Waals surface area contributed by atoms with Gasteiger partial charge in [0.25, 0.3) is 0 Å². The molecule has 0 saturated carbocycles. The molecule has 0 saturated heterocycles. The Morgan fingerprint density at radius 3 is 0.775 bits per heavy atom. The molecule has 0 aromatic rings. The molecule has 40 heavy (non-hydrogen) atoms. The number of esters is 2. The minimum atomic E-state index is -6.84. The number of halogens is 14. The lowest BCUT2D eigenvalue weighted by Gasteiger charge is -2.48. The second kappa shape index (κ2) is 10.2. The molecule has 0 aromatic carbocycles. The van der Waals surface area contributed by atoms with Crippen LogP contribution >= 0.6 is 0 Å². The third kappa shape index (κ3) is 5.99. The van der Waals surface area contributed by atoms with Gasteiger partial charge in [-0.25, -0.2) is 9.59 Å². The van der Waals surface area contributed by atoms with Crippen molar-refractivity contribution in [2.24, 2.45) is 10.8 Å². The van der Waals surface area contributed by atoms with Gasteiger partial charge in [0.1, 0.15) is 0 Å². The van der Waals surface area contributed by atoms with Crippen molar-refractivity contribution in [2.45, 2.75) is 103 Å². The summed E-state index contributed by atoms with van der Waals surface area (Å²) in [7, 11) is 0. The van der Waals surface area contributed by atoms with E-state index in [0.717, 1.165) is 0 Å². The van der Waals surface area contributed by atoms with Crippen LogP contribution in [-0.2, 0) is 19.1 Å². The summed E-state index contributed by atoms with van der Waals surface area (Å²) in [6.07, 6.45) is -14.2. The molecule has 2 atom stereocenters. The quantitative estimate of drug-likeness (QED) is 0.157. The molecule has 0 bridgehead atoms. The lowest BCUT2D eigenvalue weighted by molar-refractivity contribution is -0.396. The maximum atomic E-state index is 14.6. The number of rotatable bonds is 8. The van der Waals surface area contributed by atoms with Crippen molar-refractivity contribution in [1.82, 2.24) is 0 Å². The van der Waals surface area contributed by atoms with Crippen LogP contribution in [-0.4, -0.2) is 59.2 Å². The van der Waals surface area contributed by atoms with Gasteiger partial charge in [-0.3, -0.25) is 0 Å². The smallest absolute Gasteiger partial charge is 0.449 e. The number of carbonyl (C=O) groups excluding carboxylic acids is 2. The molecule has 4 nitrogen and oxygen atoms in total. The van der Waals surface area contributed by atoms with Gasteiger partial charge in [0, 0.05) is 23.0 Å². The molecule has 236 valence electrons. The van der Waals surface area contributed by atoms with Crippen LogP contribution in [0.5, 0.6) is 0 Å². The number of hydrogen-bond donors (Lipinski definition) is 0. The fraction of sp³-hybridized carbons (Fsp3) is 0.818.